The van der Waals surface area contributed by atoms with Crippen molar-refractivity contribution in [2.24, 2.45) is 0 Å². The number of hydrogen-bond acceptors (Lipinski definition) is 4. The Bertz CT molecular complexity index is 266. The van der Waals surface area contributed by atoms with E-state index in [9.17, 15) is 8.96 Å². The second-order valence-corrected chi connectivity index (χ2v) is 4.97. The van der Waals surface area contributed by atoms with Gasteiger partial charge in [0, 0.05) is 7.11 Å². The second-order valence-electron chi connectivity index (χ2n) is 3.45. The molecule has 15 heavy (non-hydrogen) atoms. The van der Waals surface area contributed by atoms with Crippen LogP contribution in [0.3, 0.4) is 0 Å². The van der Waals surface area contributed by atoms with Gasteiger partial charge in [-0.15, -0.1) is 0 Å². The SMILES string of the molecule is B[C@@H]1O[C@H](CC)C(OP(=O)(O)OC)[C@@H]1F. The molecule has 0 aromatic rings. The van der Waals surface area contributed by atoms with Crippen molar-refractivity contribution in [3.63, 3.8) is 0 Å². The van der Waals surface area contributed by atoms with Gasteiger partial charge in [0.15, 0.2) is 0 Å². The summed E-state index contributed by atoms with van der Waals surface area (Å²) in [4.78, 5) is 9.09. The molecule has 0 bridgehead atoms. The molecular formula is C7H15BFO5P. The van der Waals surface area contributed by atoms with Gasteiger partial charge in [-0.05, 0) is 6.42 Å². The van der Waals surface area contributed by atoms with Crippen molar-refractivity contribution in [3.8, 4) is 0 Å². The zero-order chi connectivity index (χ0) is 11.6. The van der Waals surface area contributed by atoms with Gasteiger partial charge in [0.2, 0.25) is 0 Å². The second kappa shape index (κ2) is 4.93. The lowest BCUT2D eigenvalue weighted by molar-refractivity contribution is 0.0224. The van der Waals surface area contributed by atoms with Crippen LogP contribution in [0.1, 0.15) is 13.3 Å². The van der Waals surface area contributed by atoms with E-state index in [1.165, 1.54) is 0 Å². The van der Waals surface area contributed by atoms with Crippen LogP contribution in [0.4, 0.5) is 4.39 Å². The summed E-state index contributed by atoms with van der Waals surface area (Å²) >= 11 is 0. The van der Waals surface area contributed by atoms with Crippen LogP contribution in [0, 0.1) is 0 Å². The monoisotopic (exact) mass is 240 g/mol. The maximum absolute atomic E-state index is 13.5. The zero-order valence-electron chi connectivity index (χ0n) is 8.92. The van der Waals surface area contributed by atoms with Gasteiger partial charge >= 0.3 is 7.82 Å². The molecule has 1 fully saturated rings. The largest absolute Gasteiger partial charge is 0.472 e. The Kier molecular flexibility index (Phi) is 4.32. The Labute approximate surface area is 88.9 Å². The smallest absolute Gasteiger partial charge is 0.378 e. The fraction of sp³-hybridized carbons (Fsp3) is 1.00. The summed E-state index contributed by atoms with van der Waals surface area (Å²) in [6, 6.07) is -0.628. The number of phosphoric ester groups is 1. The van der Waals surface area contributed by atoms with Gasteiger partial charge in [0.05, 0.1) is 12.1 Å². The number of phosphoric acid groups is 1. The molecule has 0 spiro atoms. The van der Waals surface area contributed by atoms with E-state index >= 15 is 0 Å². The average molecular weight is 240 g/mol. The van der Waals surface area contributed by atoms with Crippen molar-refractivity contribution in [2.45, 2.75) is 37.7 Å². The molecule has 0 aromatic carbocycles. The number of rotatable bonds is 4. The summed E-state index contributed by atoms with van der Waals surface area (Å²) < 4.78 is 38.9. The van der Waals surface area contributed by atoms with Crippen LogP contribution in [0.2, 0.25) is 0 Å². The first-order valence-corrected chi connectivity index (χ1v) is 6.27. The minimum Gasteiger partial charge on any atom is -0.378 e. The van der Waals surface area contributed by atoms with Crippen LogP contribution in [-0.4, -0.2) is 44.2 Å². The van der Waals surface area contributed by atoms with E-state index < -0.39 is 32.2 Å². The number of ether oxygens (including phenoxy) is 1. The average Bonchev–Trinajstić information content (AvgIpc) is 2.45. The van der Waals surface area contributed by atoms with Crippen molar-refractivity contribution in [2.75, 3.05) is 7.11 Å². The molecule has 5 atom stereocenters. The van der Waals surface area contributed by atoms with Crippen molar-refractivity contribution < 1.29 is 27.6 Å². The first kappa shape index (κ1) is 13.1. The highest BCUT2D eigenvalue weighted by molar-refractivity contribution is 7.47. The van der Waals surface area contributed by atoms with E-state index in [1.54, 1.807) is 14.8 Å². The van der Waals surface area contributed by atoms with Gasteiger partial charge in [-0.1, -0.05) is 6.92 Å². The summed E-state index contributed by atoms with van der Waals surface area (Å²) in [6.07, 6.45) is -2.45. The highest BCUT2D eigenvalue weighted by atomic mass is 31.2. The molecule has 0 aromatic heterocycles. The van der Waals surface area contributed by atoms with Crippen molar-refractivity contribution in [1.82, 2.24) is 0 Å². The Morgan fingerprint density at radius 3 is 2.73 bits per heavy atom. The minimum atomic E-state index is -4.16. The predicted molar refractivity (Wildman–Crippen MR) is 54.1 cm³/mol. The molecule has 8 heteroatoms. The molecule has 1 N–H and O–H groups in total. The summed E-state index contributed by atoms with van der Waals surface area (Å²) in [7, 11) is -1.56. The van der Waals surface area contributed by atoms with Gasteiger partial charge in [-0.25, -0.2) is 8.96 Å². The third-order valence-electron chi connectivity index (χ3n) is 2.41. The van der Waals surface area contributed by atoms with E-state index in [2.05, 4.69) is 4.52 Å². The van der Waals surface area contributed by atoms with Crippen LogP contribution in [0.15, 0.2) is 0 Å². The molecule has 0 saturated carbocycles. The van der Waals surface area contributed by atoms with E-state index in [0.717, 1.165) is 7.11 Å². The summed E-state index contributed by atoms with van der Waals surface area (Å²) in [5.74, 6) is 0. The molecule has 1 aliphatic heterocycles. The quantitative estimate of drug-likeness (QED) is 0.562. The van der Waals surface area contributed by atoms with Crippen LogP contribution < -0.4 is 0 Å². The van der Waals surface area contributed by atoms with Crippen LogP contribution in [-0.2, 0) is 18.3 Å². The Morgan fingerprint density at radius 1 is 1.67 bits per heavy atom. The maximum atomic E-state index is 13.5. The summed E-state index contributed by atoms with van der Waals surface area (Å²) in [6.45, 7) is 1.79. The molecule has 0 aliphatic carbocycles. The molecule has 1 saturated heterocycles. The lowest BCUT2D eigenvalue weighted by atomic mass is 9.94. The number of halogens is 1. The molecular weight excluding hydrogens is 225 g/mol. The van der Waals surface area contributed by atoms with Gasteiger partial charge in [-0.3, -0.25) is 9.05 Å². The molecule has 88 valence electrons. The lowest BCUT2D eigenvalue weighted by Gasteiger charge is -2.20. The van der Waals surface area contributed by atoms with E-state index in [1.807, 2.05) is 0 Å². The van der Waals surface area contributed by atoms with Crippen molar-refractivity contribution in [3.05, 3.63) is 0 Å². The van der Waals surface area contributed by atoms with E-state index in [-0.39, 0.29) is 0 Å². The van der Waals surface area contributed by atoms with Gasteiger partial charge in [0.1, 0.15) is 20.1 Å². The van der Waals surface area contributed by atoms with Crippen molar-refractivity contribution >= 4 is 15.7 Å². The molecule has 1 rings (SSSR count). The van der Waals surface area contributed by atoms with E-state index in [4.69, 9.17) is 14.2 Å². The third-order valence-corrected chi connectivity index (χ3v) is 3.38. The Morgan fingerprint density at radius 2 is 2.27 bits per heavy atom. The number of alkyl halides is 1. The first-order valence-electron chi connectivity index (χ1n) is 4.77. The summed E-state index contributed by atoms with van der Waals surface area (Å²) in [5.41, 5.74) is 0. The highest BCUT2D eigenvalue weighted by Crippen LogP contribution is 2.46. The maximum Gasteiger partial charge on any atom is 0.472 e. The molecule has 5 nitrogen and oxygen atoms in total. The van der Waals surface area contributed by atoms with Gasteiger partial charge in [-0.2, -0.15) is 0 Å². The minimum absolute atomic E-state index is 0.509. The fourth-order valence-corrected chi connectivity index (χ4v) is 2.20. The molecule has 1 heterocycles. The fourth-order valence-electron chi connectivity index (χ4n) is 1.55. The van der Waals surface area contributed by atoms with Crippen LogP contribution in [0.25, 0.3) is 0 Å². The van der Waals surface area contributed by atoms with Gasteiger partial charge in [0.25, 0.3) is 0 Å². The Hall–Kier alpha value is 0.0649. The normalized spacial score (nSPS) is 40.3. The van der Waals surface area contributed by atoms with Crippen LogP contribution >= 0.6 is 7.82 Å². The first-order chi connectivity index (χ1) is 6.91. The van der Waals surface area contributed by atoms with E-state index in [0.29, 0.717) is 6.42 Å². The number of hydrogen-bond donors (Lipinski definition) is 1. The predicted octanol–water partition coefficient (Wildman–Crippen LogP) is 0.224. The molecule has 2 unspecified atom stereocenters. The Balaban J connectivity index is 2.70. The zero-order valence-corrected chi connectivity index (χ0v) is 9.82. The van der Waals surface area contributed by atoms with Crippen LogP contribution in [0.5, 0.6) is 0 Å². The summed E-state index contributed by atoms with van der Waals surface area (Å²) in [5, 5.41) is 0. The van der Waals surface area contributed by atoms with Gasteiger partial charge < -0.3 is 9.63 Å². The highest BCUT2D eigenvalue weighted by Gasteiger charge is 2.46. The third kappa shape index (κ3) is 3.01. The lowest BCUT2D eigenvalue weighted by Crippen LogP contribution is -2.31. The standard InChI is InChI=1S/C7H15BFO5P/c1-3-4-6(5(9)7(8)13-4)14-15(10,11)12-2/h4-7H,3,8H2,1-2H3,(H,10,11)/t4-,5+,6?,7-/m1/s1. The molecule has 0 amide bonds. The molecule has 0 radical (unpaired) electrons. The topological polar surface area (TPSA) is 65.0 Å². The molecule has 1 aliphatic rings. The van der Waals surface area contributed by atoms with Crippen molar-refractivity contribution in [1.29, 1.82) is 0 Å².